The van der Waals surface area contributed by atoms with Gasteiger partial charge in [0, 0.05) is 17.5 Å². The molecule has 3 aromatic heterocycles. The highest BCUT2D eigenvalue weighted by Crippen LogP contribution is 2.32. The van der Waals surface area contributed by atoms with E-state index in [0.717, 1.165) is 53.8 Å². The van der Waals surface area contributed by atoms with E-state index in [1.165, 1.54) is 0 Å². The van der Waals surface area contributed by atoms with Crippen LogP contribution in [0.25, 0.3) is 33.5 Å². The predicted molar refractivity (Wildman–Crippen MR) is 129 cm³/mol. The average molecular weight is 463 g/mol. The van der Waals surface area contributed by atoms with Gasteiger partial charge in [0.15, 0.2) is 0 Å². The van der Waals surface area contributed by atoms with Crippen LogP contribution in [0, 0.1) is 0 Å². The van der Waals surface area contributed by atoms with E-state index in [1.54, 1.807) is 29.2 Å². The van der Waals surface area contributed by atoms with E-state index < -0.39 is 0 Å². The first-order valence-electron chi connectivity index (χ1n) is 11.0. The highest BCUT2D eigenvalue weighted by atomic mass is 31.0. The lowest BCUT2D eigenvalue weighted by Gasteiger charge is -2.23. The van der Waals surface area contributed by atoms with Crippen LogP contribution in [-0.2, 0) is 0 Å². The molecular weight excluding hydrogens is 437 g/mol. The lowest BCUT2D eigenvalue weighted by molar-refractivity contribution is 0.160. The molecule has 2 unspecified atom stereocenters. The second-order valence-electron chi connectivity index (χ2n) is 8.26. The number of aromatic nitrogens is 6. The molecule has 0 bridgehead atoms. The van der Waals surface area contributed by atoms with Crippen LogP contribution in [0.4, 0.5) is 0 Å². The molecule has 1 saturated heterocycles. The van der Waals surface area contributed by atoms with Crippen molar-refractivity contribution in [2.45, 2.75) is 38.9 Å². The van der Waals surface area contributed by atoms with Gasteiger partial charge in [0.2, 0.25) is 11.8 Å². The number of piperidine rings is 1. The summed E-state index contributed by atoms with van der Waals surface area (Å²) in [6.07, 6.45) is 8.94. The van der Waals surface area contributed by atoms with Gasteiger partial charge >= 0.3 is 0 Å². The Bertz CT molecular complexity index is 1270. The molecule has 9 nitrogen and oxygen atoms in total. The molecule has 10 heteroatoms. The largest absolute Gasteiger partial charge is 0.474 e. The Morgan fingerprint density at radius 3 is 2.64 bits per heavy atom. The van der Waals surface area contributed by atoms with Crippen molar-refractivity contribution in [3.8, 4) is 34.4 Å². The molecule has 4 heterocycles. The molecule has 0 amide bonds. The summed E-state index contributed by atoms with van der Waals surface area (Å²) in [4.78, 5) is 18.0. The Morgan fingerprint density at radius 1 is 1.06 bits per heavy atom. The third-order valence-corrected chi connectivity index (χ3v) is 5.76. The standard InChI is InChI=1S/C23H26N7O2P/c1-14(2)31-21-12-25-10-18(27-21)15-5-6-20-17(8-15)23(29-30(20)33)19-11-26-13-22(28-19)32-16-4-3-7-24-9-16/h5-6,8,10-14,16,24H,3-4,7,9,33H2,1-2H3. The first-order valence-corrected chi connectivity index (χ1v) is 11.5. The molecule has 5 rings (SSSR count). The van der Waals surface area contributed by atoms with Crippen molar-refractivity contribution in [2.24, 2.45) is 0 Å². The first kappa shape index (κ1) is 21.7. The van der Waals surface area contributed by atoms with Crippen LogP contribution in [0.2, 0.25) is 0 Å². The number of ether oxygens (including phenoxy) is 2. The summed E-state index contributed by atoms with van der Waals surface area (Å²) >= 11 is 0. The van der Waals surface area contributed by atoms with Gasteiger partial charge in [0.05, 0.1) is 42.1 Å². The summed E-state index contributed by atoms with van der Waals surface area (Å²) in [5.74, 6) is 1.01. The summed E-state index contributed by atoms with van der Waals surface area (Å²) in [5, 5.41) is 8.98. The summed E-state index contributed by atoms with van der Waals surface area (Å²) < 4.78 is 13.5. The molecular formula is C23H26N7O2P. The lowest BCUT2D eigenvalue weighted by atomic mass is 10.1. The third kappa shape index (κ3) is 4.79. The van der Waals surface area contributed by atoms with Crippen molar-refractivity contribution in [3.05, 3.63) is 43.0 Å². The van der Waals surface area contributed by atoms with Crippen LogP contribution in [0.3, 0.4) is 0 Å². The summed E-state index contributed by atoms with van der Waals surface area (Å²) in [7, 11) is 2.62. The Balaban J connectivity index is 1.50. The Morgan fingerprint density at radius 2 is 1.85 bits per heavy atom. The van der Waals surface area contributed by atoms with E-state index in [-0.39, 0.29) is 12.2 Å². The van der Waals surface area contributed by atoms with E-state index in [0.29, 0.717) is 17.5 Å². The summed E-state index contributed by atoms with van der Waals surface area (Å²) in [5.41, 5.74) is 3.97. The maximum atomic E-state index is 6.07. The second-order valence-corrected chi connectivity index (χ2v) is 8.75. The Labute approximate surface area is 194 Å². The number of nitrogens with zero attached hydrogens (tertiary/aromatic N) is 6. The first-order chi connectivity index (χ1) is 16.1. The van der Waals surface area contributed by atoms with E-state index >= 15 is 0 Å². The molecule has 0 spiro atoms. The fourth-order valence-electron chi connectivity index (χ4n) is 3.89. The van der Waals surface area contributed by atoms with E-state index in [9.17, 15) is 0 Å². The SMILES string of the molecule is CC(C)Oc1cncc(-c2ccc3c(c2)c(-c2cncc(OC4CCCNC4)n2)nn3P)n1. The minimum atomic E-state index is 0.0245. The van der Waals surface area contributed by atoms with E-state index in [4.69, 9.17) is 14.5 Å². The Hall–Kier alpha value is -3.16. The molecule has 4 aromatic rings. The average Bonchev–Trinajstić information content (AvgIpc) is 3.15. The van der Waals surface area contributed by atoms with Crippen LogP contribution >= 0.6 is 9.39 Å². The fourth-order valence-corrected chi connectivity index (χ4v) is 4.23. The molecule has 1 aromatic carbocycles. The highest BCUT2D eigenvalue weighted by molar-refractivity contribution is 7.14. The molecule has 33 heavy (non-hydrogen) atoms. The minimum absolute atomic E-state index is 0.0245. The zero-order valence-corrected chi connectivity index (χ0v) is 19.8. The quantitative estimate of drug-likeness (QED) is 0.434. The maximum Gasteiger partial charge on any atom is 0.233 e. The minimum Gasteiger partial charge on any atom is -0.474 e. The molecule has 1 aliphatic heterocycles. The number of rotatable bonds is 6. The van der Waals surface area contributed by atoms with E-state index in [2.05, 4.69) is 34.8 Å². The van der Waals surface area contributed by atoms with Crippen molar-refractivity contribution >= 4 is 20.3 Å². The molecule has 1 N–H and O–H groups in total. The van der Waals surface area contributed by atoms with Crippen LogP contribution < -0.4 is 14.8 Å². The molecule has 0 radical (unpaired) electrons. The molecule has 2 atom stereocenters. The Kier molecular flexibility index (Phi) is 6.15. The number of nitrogens with one attached hydrogen (secondary N) is 1. The van der Waals surface area contributed by atoms with Gasteiger partial charge in [-0.05, 0) is 54.8 Å². The van der Waals surface area contributed by atoms with Crippen LogP contribution in [0.5, 0.6) is 11.8 Å². The zero-order valence-electron chi connectivity index (χ0n) is 18.6. The van der Waals surface area contributed by atoms with Gasteiger partial charge in [-0.3, -0.25) is 9.97 Å². The van der Waals surface area contributed by atoms with Gasteiger partial charge in [0.1, 0.15) is 17.5 Å². The van der Waals surface area contributed by atoms with Crippen LogP contribution in [-0.4, -0.2) is 54.8 Å². The normalized spacial score (nSPS) is 16.3. The highest BCUT2D eigenvalue weighted by Gasteiger charge is 2.18. The topological polar surface area (TPSA) is 99.9 Å². The van der Waals surface area contributed by atoms with Gasteiger partial charge in [-0.1, -0.05) is 6.07 Å². The number of hydrogen-bond acceptors (Lipinski definition) is 8. The van der Waals surface area contributed by atoms with E-state index in [1.807, 2.05) is 32.0 Å². The van der Waals surface area contributed by atoms with Crippen molar-refractivity contribution in [1.29, 1.82) is 0 Å². The zero-order chi connectivity index (χ0) is 22.8. The van der Waals surface area contributed by atoms with Crippen molar-refractivity contribution < 1.29 is 9.47 Å². The van der Waals surface area contributed by atoms with Crippen molar-refractivity contribution in [2.75, 3.05) is 13.1 Å². The molecule has 0 aliphatic carbocycles. The van der Waals surface area contributed by atoms with Crippen molar-refractivity contribution in [3.63, 3.8) is 0 Å². The number of fused-ring (bicyclic) bond motifs is 1. The van der Waals surface area contributed by atoms with Crippen molar-refractivity contribution in [1.82, 2.24) is 34.8 Å². The van der Waals surface area contributed by atoms with Crippen LogP contribution in [0.1, 0.15) is 26.7 Å². The molecule has 170 valence electrons. The third-order valence-electron chi connectivity index (χ3n) is 5.37. The molecule has 1 aliphatic rings. The smallest absolute Gasteiger partial charge is 0.233 e. The fraction of sp³-hybridized carbons (Fsp3) is 0.348. The van der Waals surface area contributed by atoms with Gasteiger partial charge in [0.25, 0.3) is 0 Å². The molecule has 0 saturated carbocycles. The summed E-state index contributed by atoms with van der Waals surface area (Å²) in [6.45, 7) is 5.77. The maximum absolute atomic E-state index is 6.07. The predicted octanol–water partition coefficient (Wildman–Crippen LogP) is 3.51. The number of benzene rings is 1. The number of hydrogen-bond donors (Lipinski definition) is 1. The lowest BCUT2D eigenvalue weighted by Crippen LogP contribution is -2.37. The van der Waals surface area contributed by atoms with Gasteiger partial charge in [-0.2, -0.15) is 5.10 Å². The monoisotopic (exact) mass is 463 g/mol. The van der Waals surface area contributed by atoms with Gasteiger partial charge < -0.3 is 14.8 Å². The van der Waals surface area contributed by atoms with Crippen LogP contribution in [0.15, 0.2) is 43.0 Å². The van der Waals surface area contributed by atoms with Gasteiger partial charge in [-0.25, -0.2) is 14.4 Å². The molecule has 1 fully saturated rings. The summed E-state index contributed by atoms with van der Waals surface area (Å²) in [6, 6.07) is 6.05. The second kappa shape index (κ2) is 9.37. The van der Waals surface area contributed by atoms with Gasteiger partial charge in [-0.15, -0.1) is 0 Å².